The Morgan fingerprint density at radius 2 is 2.07 bits per heavy atom. The molecule has 0 unspecified atom stereocenters. The molecule has 158 valence electrons. The topological polar surface area (TPSA) is 87.7 Å². The zero-order valence-electron chi connectivity index (χ0n) is 17.1. The molecule has 1 N–H and O–H groups in total. The van der Waals surface area contributed by atoms with Crippen LogP contribution < -0.4 is 9.91 Å². The third-order valence-corrected chi connectivity index (χ3v) is 5.10. The summed E-state index contributed by atoms with van der Waals surface area (Å²) < 4.78 is 11.7. The summed E-state index contributed by atoms with van der Waals surface area (Å²) in [5, 5.41) is 14.4. The Hall–Kier alpha value is -3.10. The van der Waals surface area contributed by atoms with Crippen molar-refractivity contribution in [3.63, 3.8) is 0 Å². The summed E-state index contributed by atoms with van der Waals surface area (Å²) in [6, 6.07) is 8.98. The highest BCUT2D eigenvalue weighted by Gasteiger charge is 2.33. The average Bonchev–Trinajstić information content (AvgIpc) is 3.45. The van der Waals surface area contributed by atoms with Gasteiger partial charge in [-0.3, -0.25) is 10.1 Å². The maximum Gasteiger partial charge on any atom is 0.284 e. The van der Waals surface area contributed by atoms with Crippen molar-refractivity contribution in [3.8, 4) is 0 Å². The first-order chi connectivity index (χ1) is 14.6. The Morgan fingerprint density at radius 1 is 1.27 bits per heavy atom. The molecule has 4 rings (SSSR count). The maximum atomic E-state index is 13.1. The van der Waals surface area contributed by atoms with Crippen LogP contribution in [0.5, 0.6) is 0 Å². The summed E-state index contributed by atoms with van der Waals surface area (Å²) in [5.41, 5.74) is 2.65. The number of hydrazone groups is 1. The van der Waals surface area contributed by atoms with Crippen molar-refractivity contribution in [2.24, 2.45) is 5.10 Å². The lowest BCUT2D eigenvalue weighted by atomic mass is 10.1. The number of furan rings is 1. The molecule has 2 aliphatic heterocycles. The molecule has 0 radical (unpaired) electrons. The number of hydrogen-bond donors (Lipinski definition) is 1. The van der Waals surface area contributed by atoms with E-state index in [1.54, 1.807) is 30.3 Å². The molecule has 8 nitrogen and oxygen atoms in total. The number of ether oxygens (including phenoxy) is 1. The highest BCUT2D eigenvalue weighted by atomic mass is 17.1. The van der Waals surface area contributed by atoms with Crippen LogP contribution in [0.3, 0.4) is 0 Å². The quantitative estimate of drug-likeness (QED) is 0.440. The van der Waals surface area contributed by atoms with Gasteiger partial charge >= 0.3 is 0 Å². The van der Waals surface area contributed by atoms with Crippen LogP contribution in [0.4, 0.5) is 11.6 Å². The number of carbonyl (C=O) groups excluding carboxylic acids is 1. The molecule has 0 saturated carbocycles. The first-order valence-corrected chi connectivity index (χ1v) is 10.1. The van der Waals surface area contributed by atoms with Gasteiger partial charge in [0, 0.05) is 18.7 Å². The van der Waals surface area contributed by atoms with Gasteiger partial charge in [-0.1, -0.05) is 12.1 Å². The number of anilines is 2. The fourth-order valence-corrected chi connectivity index (χ4v) is 3.73. The third kappa shape index (κ3) is 3.96. The van der Waals surface area contributed by atoms with Gasteiger partial charge in [0.15, 0.2) is 5.88 Å². The Kier molecular flexibility index (Phi) is 5.87. The zero-order valence-corrected chi connectivity index (χ0v) is 17.1. The zero-order chi connectivity index (χ0) is 21.1. The van der Waals surface area contributed by atoms with E-state index in [0.717, 1.165) is 37.4 Å². The molecule has 1 amide bonds. The van der Waals surface area contributed by atoms with Crippen LogP contribution in [-0.4, -0.2) is 36.8 Å². The monoisotopic (exact) mass is 411 g/mol. The van der Waals surface area contributed by atoms with Gasteiger partial charge in [-0.2, -0.15) is 5.01 Å². The predicted molar refractivity (Wildman–Crippen MR) is 113 cm³/mol. The van der Waals surface area contributed by atoms with Crippen molar-refractivity contribution in [3.05, 3.63) is 52.8 Å². The second-order valence-corrected chi connectivity index (χ2v) is 7.29. The number of nitrogens with zero attached hydrogens (tertiary/aromatic N) is 3. The summed E-state index contributed by atoms with van der Waals surface area (Å²) in [7, 11) is 0. The lowest BCUT2D eigenvalue weighted by Crippen LogP contribution is -2.21. The van der Waals surface area contributed by atoms with E-state index in [-0.39, 0.29) is 18.4 Å². The molecule has 8 heteroatoms. The van der Waals surface area contributed by atoms with E-state index >= 15 is 0 Å². The van der Waals surface area contributed by atoms with Crippen molar-refractivity contribution >= 4 is 29.5 Å². The molecule has 30 heavy (non-hydrogen) atoms. The number of hydrogen-bond acceptors (Lipinski definition) is 7. The van der Waals surface area contributed by atoms with E-state index in [1.165, 1.54) is 5.01 Å². The molecule has 1 saturated heterocycles. The molecule has 0 atom stereocenters. The summed E-state index contributed by atoms with van der Waals surface area (Å²) in [5.74, 6) is 1.39. The second-order valence-electron chi connectivity index (χ2n) is 7.29. The summed E-state index contributed by atoms with van der Waals surface area (Å²) in [6.07, 6.45) is 4.00. The molecule has 1 aromatic carbocycles. The van der Waals surface area contributed by atoms with Gasteiger partial charge in [-0.15, -0.1) is 5.10 Å². The second kappa shape index (κ2) is 8.73. The molecule has 1 fully saturated rings. The molecule has 2 aliphatic rings. The first-order valence-electron chi connectivity index (χ1n) is 10.1. The molecular weight excluding hydrogens is 386 g/mol. The Balaban J connectivity index is 1.65. The summed E-state index contributed by atoms with van der Waals surface area (Å²) >= 11 is 0. The van der Waals surface area contributed by atoms with Gasteiger partial charge in [-0.05, 0) is 56.5 Å². The van der Waals surface area contributed by atoms with Gasteiger partial charge in [0.25, 0.3) is 5.91 Å². The number of aryl methyl sites for hydroxylation is 1. The molecule has 0 aliphatic carbocycles. The molecule has 0 bridgehead atoms. The predicted octanol–water partition coefficient (Wildman–Crippen LogP) is 3.96. The first kappa shape index (κ1) is 20.2. The minimum atomic E-state index is -0.308. The van der Waals surface area contributed by atoms with Crippen LogP contribution in [0.25, 0.3) is 6.08 Å². The minimum absolute atomic E-state index is 0.0194. The SMILES string of the molecule is CCOC1=NN(c2cccc(COO)c2)C(=O)C1=Cc1cc(C)c(N2CCCC2)o1. The standard InChI is InChI=1S/C22H25N3O5/c1-3-28-20-19(13-18-11-15(2)22(30-18)24-9-4-5-10-24)21(26)25(23-20)17-8-6-7-16(12-17)14-29-27/h6-8,11-13,27H,3-5,9-10,14H2,1-2H3. The van der Waals surface area contributed by atoms with E-state index in [2.05, 4.69) is 14.9 Å². The largest absolute Gasteiger partial charge is 0.476 e. The van der Waals surface area contributed by atoms with Crippen molar-refractivity contribution < 1.29 is 24.1 Å². The lowest BCUT2D eigenvalue weighted by molar-refractivity contribution is -0.253. The van der Waals surface area contributed by atoms with E-state index in [1.807, 2.05) is 19.9 Å². The van der Waals surface area contributed by atoms with Crippen LogP contribution in [0.1, 0.15) is 36.7 Å². The van der Waals surface area contributed by atoms with Crippen LogP contribution in [0.2, 0.25) is 0 Å². The fourth-order valence-electron chi connectivity index (χ4n) is 3.73. The van der Waals surface area contributed by atoms with Gasteiger partial charge in [0.05, 0.1) is 12.3 Å². The van der Waals surface area contributed by atoms with Crippen LogP contribution in [0, 0.1) is 6.92 Å². The van der Waals surface area contributed by atoms with Gasteiger partial charge in [-0.25, -0.2) is 4.89 Å². The van der Waals surface area contributed by atoms with Crippen molar-refractivity contribution in [1.29, 1.82) is 0 Å². The van der Waals surface area contributed by atoms with Crippen LogP contribution >= 0.6 is 0 Å². The van der Waals surface area contributed by atoms with Gasteiger partial charge in [0.2, 0.25) is 5.90 Å². The van der Waals surface area contributed by atoms with Gasteiger partial charge in [0.1, 0.15) is 17.9 Å². The van der Waals surface area contributed by atoms with Crippen molar-refractivity contribution in [2.45, 2.75) is 33.3 Å². The Labute approximate surface area is 174 Å². The Bertz CT molecular complexity index is 988. The summed E-state index contributed by atoms with van der Waals surface area (Å²) in [6.45, 7) is 6.22. The number of carbonyl (C=O) groups is 1. The molecule has 0 spiro atoms. The fraction of sp³-hybridized carbons (Fsp3) is 0.364. The van der Waals surface area contributed by atoms with Crippen molar-refractivity contribution in [1.82, 2.24) is 0 Å². The van der Waals surface area contributed by atoms with Crippen LogP contribution in [-0.2, 0) is 21.0 Å². The number of benzene rings is 1. The van der Waals surface area contributed by atoms with E-state index < -0.39 is 0 Å². The van der Waals surface area contributed by atoms with Gasteiger partial charge < -0.3 is 14.1 Å². The highest BCUT2D eigenvalue weighted by molar-refractivity contribution is 6.30. The van der Waals surface area contributed by atoms with Crippen molar-refractivity contribution in [2.75, 3.05) is 29.6 Å². The van der Waals surface area contributed by atoms with Crippen LogP contribution in [0.15, 0.2) is 45.4 Å². The number of amides is 1. The Morgan fingerprint density at radius 3 is 2.80 bits per heavy atom. The highest BCUT2D eigenvalue weighted by Crippen LogP contribution is 2.31. The normalized spacial score (nSPS) is 17.9. The van der Waals surface area contributed by atoms with E-state index in [4.69, 9.17) is 14.4 Å². The molecule has 2 aromatic rings. The van der Waals surface area contributed by atoms with E-state index in [9.17, 15) is 4.79 Å². The third-order valence-electron chi connectivity index (χ3n) is 5.10. The molecule has 3 heterocycles. The molecular formula is C22H25N3O5. The number of rotatable bonds is 6. The maximum absolute atomic E-state index is 13.1. The van der Waals surface area contributed by atoms with E-state index in [0.29, 0.717) is 29.2 Å². The lowest BCUT2D eigenvalue weighted by Gasteiger charge is -2.14. The smallest absolute Gasteiger partial charge is 0.284 e. The summed E-state index contributed by atoms with van der Waals surface area (Å²) in [4.78, 5) is 19.6. The minimum Gasteiger partial charge on any atom is -0.476 e. The molecule has 1 aromatic heterocycles. The average molecular weight is 411 g/mol.